The highest BCUT2D eigenvalue weighted by molar-refractivity contribution is 5.77. The van der Waals surface area contributed by atoms with Gasteiger partial charge in [0.1, 0.15) is 23.2 Å². The first-order chi connectivity index (χ1) is 19.0. The number of nitrogens with one attached hydrogen (secondary N) is 2. The molecule has 0 aliphatic heterocycles. The van der Waals surface area contributed by atoms with Gasteiger partial charge in [0.25, 0.3) is 0 Å². The standard InChI is InChI=1S/C31H36N8/c1-31(2,3)39-30(35-36-37-39)28(32-24-12-6-4-7-13-24)23-19-17-22(18-20-23)27-29(33-25-14-8-5-9-15-25)38-21-11-10-16-26(38)34-27/h4,6-7,10-13,16-21,25,28,32-33H,5,8-9,14-15H2,1-3H3. The molecule has 0 bridgehead atoms. The van der Waals surface area contributed by atoms with Gasteiger partial charge in [-0.25, -0.2) is 9.67 Å². The van der Waals surface area contributed by atoms with Gasteiger partial charge in [0.05, 0.1) is 5.54 Å². The van der Waals surface area contributed by atoms with Crippen LogP contribution in [0.15, 0.2) is 79.0 Å². The number of tetrazole rings is 1. The molecule has 0 amide bonds. The molecule has 8 heteroatoms. The maximum absolute atomic E-state index is 5.04. The highest BCUT2D eigenvalue weighted by Crippen LogP contribution is 2.34. The van der Waals surface area contributed by atoms with Crippen LogP contribution in [0.5, 0.6) is 0 Å². The van der Waals surface area contributed by atoms with Crippen molar-refractivity contribution in [3.63, 3.8) is 0 Å². The molecule has 1 aliphatic rings. The van der Waals surface area contributed by atoms with Crippen LogP contribution in [-0.4, -0.2) is 35.6 Å². The minimum absolute atomic E-state index is 0.225. The molecule has 6 rings (SSSR count). The van der Waals surface area contributed by atoms with E-state index < -0.39 is 0 Å². The molecule has 1 fully saturated rings. The molecule has 200 valence electrons. The summed E-state index contributed by atoms with van der Waals surface area (Å²) in [5.41, 5.74) is 4.83. The third kappa shape index (κ3) is 5.24. The van der Waals surface area contributed by atoms with E-state index >= 15 is 0 Å². The lowest BCUT2D eigenvalue weighted by molar-refractivity contribution is 0.333. The Balaban J connectivity index is 1.38. The zero-order chi connectivity index (χ0) is 26.8. The number of rotatable bonds is 7. The topological polar surface area (TPSA) is 85.0 Å². The Kier molecular flexibility index (Phi) is 6.77. The van der Waals surface area contributed by atoms with Crippen LogP contribution in [0.2, 0.25) is 0 Å². The fourth-order valence-electron chi connectivity index (χ4n) is 5.46. The van der Waals surface area contributed by atoms with Gasteiger partial charge in [-0.15, -0.1) is 5.10 Å². The van der Waals surface area contributed by atoms with Gasteiger partial charge in [0.15, 0.2) is 5.82 Å². The van der Waals surface area contributed by atoms with Crippen LogP contribution in [0.1, 0.15) is 70.3 Å². The normalized spacial score (nSPS) is 15.4. The number of imidazole rings is 1. The molecular weight excluding hydrogens is 484 g/mol. The van der Waals surface area contributed by atoms with E-state index in [9.17, 15) is 0 Å². The van der Waals surface area contributed by atoms with Crippen molar-refractivity contribution >= 4 is 17.2 Å². The van der Waals surface area contributed by atoms with E-state index in [1.54, 1.807) is 0 Å². The number of hydrogen-bond donors (Lipinski definition) is 2. The van der Waals surface area contributed by atoms with E-state index in [1.807, 2.05) is 28.9 Å². The minimum Gasteiger partial charge on any atom is -0.371 e. The Morgan fingerprint density at radius 2 is 1.62 bits per heavy atom. The van der Waals surface area contributed by atoms with Crippen molar-refractivity contribution in [2.75, 3.05) is 10.6 Å². The fourth-order valence-corrected chi connectivity index (χ4v) is 5.46. The van der Waals surface area contributed by atoms with Crippen molar-refractivity contribution in [1.82, 2.24) is 29.6 Å². The Bertz CT molecular complexity index is 1520. The molecule has 2 N–H and O–H groups in total. The Labute approximate surface area is 229 Å². The number of para-hydroxylation sites is 1. The summed E-state index contributed by atoms with van der Waals surface area (Å²) in [6, 6.07) is 25.3. The van der Waals surface area contributed by atoms with Crippen LogP contribution in [0.4, 0.5) is 11.5 Å². The first kappa shape index (κ1) is 25.1. The second-order valence-corrected chi connectivity index (χ2v) is 11.4. The lowest BCUT2D eigenvalue weighted by Gasteiger charge is -2.25. The molecule has 3 aromatic heterocycles. The number of nitrogens with zero attached hydrogens (tertiary/aromatic N) is 6. The van der Waals surface area contributed by atoms with E-state index in [4.69, 9.17) is 4.98 Å². The molecule has 5 aromatic rings. The molecule has 1 aliphatic carbocycles. The zero-order valence-corrected chi connectivity index (χ0v) is 22.9. The van der Waals surface area contributed by atoms with Crippen molar-refractivity contribution in [2.24, 2.45) is 0 Å². The first-order valence-corrected chi connectivity index (χ1v) is 13.9. The summed E-state index contributed by atoms with van der Waals surface area (Å²) in [6.07, 6.45) is 8.39. The van der Waals surface area contributed by atoms with Crippen molar-refractivity contribution in [3.8, 4) is 11.3 Å². The molecule has 39 heavy (non-hydrogen) atoms. The van der Waals surface area contributed by atoms with Crippen molar-refractivity contribution < 1.29 is 0 Å². The minimum atomic E-state index is -0.258. The molecule has 0 saturated heterocycles. The molecule has 0 spiro atoms. The van der Waals surface area contributed by atoms with Crippen LogP contribution in [0.3, 0.4) is 0 Å². The molecule has 3 heterocycles. The second kappa shape index (κ2) is 10.5. The summed E-state index contributed by atoms with van der Waals surface area (Å²) in [4.78, 5) is 5.04. The largest absolute Gasteiger partial charge is 0.371 e. The average molecular weight is 521 g/mol. The summed E-state index contributed by atoms with van der Waals surface area (Å²) in [7, 11) is 0. The number of aromatic nitrogens is 6. The van der Waals surface area contributed by atoms with Gasteiger partial charge in [-0.3, -0.25) is 4.40 Å². The third-order valence-electron chi connectivity index (χ3n) is 7.47. The molecule has 8 nitrogen and oxygen atoms in total. The molecule has 1 atom stereocenters. The predicted molar refractivity (Wildman–Crippen MR) is 156 cm³/mol. The number of benzene rings is 2. The maximum Gasteiger partial charge on any atom is 0.178 e. The SMILES string of the molecule is CC(C)(C)n1nnnc1C(Nc1ccccc1)c1ccc(-c2nc3ccccn3c2NC2CCCCC2)cc1. The van der Waals surface area contributed by atoms with E-state index in [2.05, 4.69) is 106 Å². The quantitative estimate of drug-likeness (QED) is 0.249. The van der Waals surface area contributed by atoms with E-state index in [0.29, 0.717) is 6.04 Å². The number of anilines is 2. The highest BCUT2D eigenvalue weighted by Gasteiger charge is 2.27. The molecule has 1 saturated carbocycles. The maximum atomic E-state index is 5.04. The van der Waals surface area contributed by atoms with Crippen molar-refractivity contribution in [1.29, 1.82) is 0 Å². The van der Waals surface area contributed by atoms with Gasteiger partial charge >= 0.3 is 0 Å². The number of fused-ring (bicyclic) bond motifs is 1. The lowest BCUT2D eigenvalue weighted by Crippen LogP contribution is -2.29. The second-order valence-electron chi connectivity index (χ2n) is 11.4. The van der Waals surface area contributed by atoms with Gasteiger partial charge < -0.3 is 10.6 Å². The van der Waals surface area contributed by atoms with Crippen LogP contribution in [0, 0.1) is 0 Å². The number of hydrogen-bond acceptors (Lipinski definition) is 6. The molecule has 1 unspecified atom stereocenters. The smallest absolute Gasteiger partial charge is 0.178 e. The fraction of sp³-hybridized carbons (Fsp3) is 0.355. The molecule has 2 aromatic carbocycles. The Hall–Kier alpha value is -4.20. The lowest BCUT2D eigenvalue weighted by atomic mass is 9.95. The van der Waals surface area contributed by atoms with Crippen LogP contribution < -0.4 is 10.6 Å². The van der Waals surface area contributed by atoms with Gasteiger partial charge in [0.2, 0.25) is 0 Å². The predicted octanol–water partition coefficient (Wildman–Crippen LogP) is 6.69. The van der Waals surface area contributed by atoms with Crippen molar-refractivity contribution in [2.45, 2.75) is 70.5 Å². The molecule has 0 radical (unpaired) electrons. The average Bonchev–Trinajstić information content (AvgIpc) is 3.59. The summed E-state index contributed by atoms with van der Waals surface area (Å²) in [5, 5.41) is 20.3. The Morgan fingerprint density at radius 1 is 0.872 bits per heavy atom. The van der Waals surface area contributed by atoms with Crippen LogP contribution >= 0.6 is 0 Å². The van der Waals surface area contributed by atoms with Gasteiger partial charge in [-0.1, -0.05) is 67.8 Å². The Morgan fingerprint density at radius 3 is 2.36 bits per heavy atom. The molecular formula is C31H36N8. The van der Waals surface area contributed by atoms with Gasteiger partial charge in [-0.2, -0.15) is 0 Å². The highest BCUT2D eigenvalue weighted by atomic mass is 15.6. The van der Waals surface area contributed by atoms with Crippen LogP contribution in [-0.2, 0) is 5.54 Å². The first-order valence-electron chi connectivity index (χ1n) is 13.9. The number of pyridine rings is 1. The zero-order valence-electron chi connectivity index (χ0n) is 22.9. The van der Waals surface area contributed by atoms with Gasteiger partial charge in [0, 0.05) is 23.5 Å². The van der Waals surface area contributed by atoms with Gasteiger partial charge in [-0.05, 0) is 73.9 Å². The van der Waals surface area contributed by atoms with Crippen molar-refractivity contribution in [3.05, 3.63) is 90.4 Å². The van der Waals surface area contributed by atoms with E-state index in [-0.39, 0.29) is 11.6 Å². The summed E-state index contributed by atoms with van der Waals surface area (Å²) in [6.45, 7) is 6.33. The van der Waals surface area contributed by atoms with Crippen LogP contribution in [0.25, 0.3) is 16.9 Å². The van der Waals surface area contributed by atoms with E-state index in [1.165, 1.54) is 32.1 Å². The summed E-state index contributed by atoms with van der Waals surface area (Å²) >= 11 is 0. The monoisotopic (exact) mass is 520 g/mol. The summed E-state index contributed by atoms with van der Waals surface area (Å²) in [5.74, 6) is 1.84. The van der Waals surface area contributed by atoms with E-state index in [0.717, 1.165) is 39.8 Å². The third-order valence-corrected chi connectivity index (χ3v) is 7.47. The summed E-state index contributed by atoms with van der Waals surface area (Å²) < 4.78 is 4.07.